The minimum atomic E-state index is -0.532. The van der Waals surface area contributed by atoms with Crippen LogP contribution in [0, 0.1) is 32.8 Å². The predicted molar refractivity (Wildman–Crippen MR) is 52.3 cm³/mol. The number of benzene rings is 1. The second-order valence-electron chi connectivity index (χ2n) is 2.63. The third-order valence-corrected chi connectivity index (χ3v) is 1.63. The van der Waals surface area contributed by atoms with Crippen LogP contribution in [0.2, 0.25) is 0 Å². The van der Waals surface area contributed by atoms with Crippen LogP contribution in [0.3, 0.4) is 0 Å². The fraction of sp³-hybridized carbons (Fsp3) is 0. The molecule has 0 heterocycles. The number of nitro groups is 1. The van der Waals surface area contributed by atoms with Crippen molar-refractivity contribution in [2.24, 2.45) is 0 Å². The summed E-state index contributed by atoms with van der Waals surface area (Å²) in [5.41, 5.74) is 0.303. The highest BCUT2D eigenvalue weighted by Gasteiger charge is 2.04. The molecule has 0 saturated heterocycles. The molecule has 0 unspecified atom stereocenters. The van der Waals surface area contributed by atoms with E-state index < -0.39 is 4.92 Å². The molecule has 5 nitrogen and oxygen atoms in total. The Bertz CT molecular complexity index is 490. The first kappa shape index (κ1) is 10.4. The summed E-state index contributed by atoms with van der Waals surface area (Å²) in [5, 5.41) is 27.4. The Morgan fingerprint density at radius 3 is 2.60 bits per heavy atom. The monoisotopic (exact) mass is 199 g/mol. The van der Waals surface area contributed by atoms with Crippen LogP contribution in [0.1, 0.15) is 5.56 Å². The number of nitro benzene ring substituents is 1. The normalized spacial score (nSPS) is 8.40. The zero-order valence-electron chi connectivity index (χ0n) is 7.54. The fourth-order valence-corrected chi connectivity index (χ4v) is 0.984. The lowest BCUT2D eigenvalue weighted by molar-refractivity contribution is -0.384. The summed E-state index contributed by atoms with van der Waals surface area (Å²) >= 11 is 0. The molecule has 0 fully saturated rings. The van der Waals surface area contributed by atoms with Gasteiger partial charge in [0.25, 0.3) is 5.69 Å². The van der Waals surface area contributed by atoms with Crippen molar-refractivity contribution in [1.82, 2.24) is 0 Å². The van der Waals surface area contributed by atoms with E-state index in [2.05, 4.69) is 0 Å². The summed E-state index contributed by atoms with van der Waals surface area (Å²) in [6.45, 7) is 0. The molecular formula is C10H5N3O2. The molecule has 15 heavy (non-hydrogen) atoms. The van der Waals surface area contributed by atoms with Gasteiger partial charge in [0.05, 0.1) is 4.92 Å². The van der Waals surface area contributed by atoms with E-state index in [-0.39, 0.29) is 11.3 Å². The second kappa shape index (κ2) is 4.54. The highest BCUT2D eigenvalue weighted by molar-refractivity contribution is 5.63. The molecular weight excluding hydrogens is 194 g/mol. The molecule has 0 aliphatic rings. The summed E-state index contributed by atoms with van der Waals surface area (Å²) in [6, 6.07) is 9.08. The van der Waals surface area contributed by atoms with E-state index in [9.17, 15) is 10.1 Å². The van der Waals surface area contributed by atoms with Gasteiger partial charge in [0, 0.05) is 12.1 Å². The molecule has 0 aromatic heterocycles. The maximum atomic E-state index is 10.4. The quantitative estimate of drug-likeness (QED) is 0.414. The van der Waals surface area contributed by atoms with Crippen LogP contribution in [0.5, 0.6) is 0 Å². The van der Waals surface area contributed by atoms with Gasteiger partial charge in [-0.05, 0) is 11.6 Å². The molecule has 1 rings (SSSR count). The molecule has 0 bridgehead atoms. The first-order valence-corrected chi connectivity index (χ1v) is 3.93. The highest BCUT2D eigenvalue weighted by Crippen LogP contribution is 2.15. The fourth-order valence-electron chi connectivity index (χ4n) is 0.984. The first-order valence-electron chi connectivity index (χ1n) is 3.93. The number of hydrogen-bond acceptors (Lipinski definition) is 4. The van der Waals surface area contributed by atoms with E-state index in [1.165, 1.54) is 24.3 Å². The molecule has 0 radical (unpaired) electrons. The van der Waals surface area contributed by atoms with Crippen molar-refractivity contribution in [3.05, 3.63) is 45.5 Å². The van der Waals surface area contributed by atoms with Crippen LogP contribution in [0.15, 0.2) is 29.8 Å². The summed E-state index contributed by atoms with van der Waals surface area (Å²) < 4.78 is 0. The van der Waals surface area contributed by atoms with Crippen molar-refractivity contribution in [3.63, 3.8) is 0 Å². The van der Waals surface area contributed by atoms with Crippen LogP contribution in [-0.4, -0.2) is 4.92 Å². The van der Waals surface area contributed by atoms with Crippen molar-refractivity contribution in [1.29, 1.82) is 10.5 Å². The highest BCUT2D eigenvalue weighted by atomic mass is 16.6. The third kappa shape index (κ3) is 2.64. The number of rotatable bonds is 2. The first-order chi connectivity index (χ1) is 7.17. The molecule has 0 aliphatic carbocycles. The van der Waals surface area contributed by atoms with E-state index in [1.807, 2.05) is 0 Å². The maximum Gasteiger partial charge on any atom is 0.270 e. The molecule has 5 heteroatoms. The number of allylic oxidation sites excluding steroid dienone is 1. The zero-order valence-corrected chi connectivity index (χ0v) is 7.54. The van der Waals surface area contributed by atoms with Gasteiger partial charge in [-0.1, -0.05) is 12.1 Å². The summed E-state index contributed by atoms with van der Waals surface area (Å²) in [6.07, 6.45) is 1.30. The zero-order chi connectivity index (χ0) is 11.3. The van der Waals surface area contributed by atoms with Crippen LogP contribution in [-0.2, 0) is 0 Å². The number of nitrogens with zero attached hydrogens (tertiary/aromatic N) is 3. The molecule has 0 atom stereocenters. The van der Waals surface area contributed by atoms with E-state index in [1.54, 1.807) is 18.2 Å². The Morgan fingerprint density at radius 2 is 2.07 bits per heavy atom. The van der Waals surface area contributed by atoms with Crippen LogP contribution in [0.4, 0.5) is 5.69 Å². The molecule has 0 spiro atoms. The number of nitriles is 2. The van der Waals surface area contributed by atoms with Crippen molar-refractivity contribution in [3.8, 4) is 12.1 Å². The number of non-ortho nitro benzene ring substituents is 1. The Morgan fingerprint density at radius 1 is 1.40 bits per heavy atom. The van der Waals surface area contributed by atoms with Gasteiger partial charge in [-0.25, -0.2) is 0 Å². The van der Waals surface area contributed by atoms with Gasteiger partial charge in [0.15, 0.2) is 0 Å². The lowest BCUT2D eigenvalue weighted by atomic mass is 10.1. The maximum absolute atomic E-state index is 10.4. The molecule has 0 N–H and O–H groups in total. The van der Waals surface area contributed by atoms with Gasteiger partial charge in [0.2, 0.25) is 0 Å². The average molecular weight is 199 g/mol. The van der Waals surface area contributed by atoms with Gasteiger partial charge in [-0.3, -0.25) is 10.1 Å². The Balaban J connectivity index is 3.14. The Hall–Kier alpha value is -2.66. The lowest BCUT2D eigenvalue weighted by Gasteiger charge is -1.93. The van der Waals surface area contributed by atoms with Crippen molar-refractivity contribution in [2.45, 2.75) is 0 Å². The van der Waals surface area contributed by atoms with Gasteiger partial charge >= 0.3 is 0 Å². The standard InChI is InChI=1S/C10H5N3O2/c11-6-9(7-12)4-8-2-1-3-10(5-8)13(14)15/h1-5H. The smallest absolute Gasteiger partial charge is 0.258 e. The minimum Gasteiger partial charge on any atom is -0.258 e. The van der Waals surface area contributed by atoms with E-state index >= 15 is 0 Å². The minimum absolute atomic E-state index is 0.0704. The van der Waals surface area contributed by atoms with Gasteiger partial charge in [-0.2, -0.15) is 10.5 Å². The summed E-state index contributed by atoms with van der Waals surface area (Å²) in [4.78, 5) is 9.90. The van der Waals surface area contributed by atoms with Crippen molar-refractivity contribution in [2.75, 3.05) is 0 Å². The Labute approximate surface area is 85.6 Å². The SMILES string of the molecule is N#CC(C#N)=Cc1cccc([N+](=O)[O-])c1. The largest absolute Gasteiger partial charge is 0.270 e. The molecule has 1 aromatic carbocycles. The molecule has 0 saturated carbocycles. The van der Waals surface area contributed by atoms with Crippen molar-refractivity contribution >= 4 is 11.8 Å². The average Bonchev–Trinajstić information content (AvgIpc) is 2.26. The van der Waals surface area contributed by atoms with Crippen LogP contribution < -0.4 is 0 Å². The van der Waals surface area contributed by atoms with Crippen LogP contribution >= 0.6 is 0 Å². The Kier molecular flexibility index (Phi) is 3.15. The topological polar surface area (TPSA) is 90.7 Å². The predicted octanol–water partition coefficient (Wildman–Crippen LogP) is 2.03. The second-order valence-corrected chi connectivity index (χ2v) is 2.63. The third-order valence-electron chi connectivity index (χ3n) is 1.63. The molecule has 0 amide bonds. The van der Waals surface area contributed by atoms with Gasteiger partial charge in [0.1, 0.15) is 17.7 Å². The molecule has 1 aromatic rings. The van der Waals surface area contributed by atoms with Crippen LogP contribution in [0.25, 0.3) is 6.08 Å². The number of hydrogen-bond donors (Lipinski definition) is 0. The summed E-state index contributed by atoms with van der Waals surface area (Å²) in [5.74, 6) is 0. The van der Waals surface area contributed by atoms with Crippen molar-refractivity contribution < 1.29 is 4.92 Å². The van der Waals surface area contributed by atoms with Gasteiger partial charge < -0.3 is 0 Å². The lowest BCUT2D eigenvalue weighted by Crippen LogP contribution is -1.87. The summed E-state index contributed by atoms with van der Waals surface area (Å²) in [7, 11) is 0. The molecule has 0 aliphatic heterocycles. The van der Waals surface area contributed by atoms with Gasteiger partial charge in [-0.15, -0.1) is 0 Å². The van der Waals surface area contributed by atoms with E-state index in [4.69, 9.17) is 10.5 Å². The van der Waals surface area contributed by atoms with E-state index in [0.29, 0.717) is 5.56 Å². The molecule has 72 valence electrons. The van der Waals surface area contributed by atoms with E-state index in [0.717, 1.165) is 0 Å².